The lowest BCUT2D eigenvalue weighted by Crippen LogP contribution is -2.18. The second kappa shape index (κ2) is 5.84. The largest absolute Gasteiger partial charge is 0.503 e. The van der Waals surface area contributed by atoms with E-state index in [9.17, 15) is 14.3 Å². The lowest BCUT2D eigenvalue weighted by atomic mass is 10.2. The van der Waals surface area contributed by atoms with Gasteiger partial charge in [-0.1, -0.05) is 6.07 Å². The molecule has 7 nitrogen and oxygen atoms in total. The fourth-order valence-electron chi connectivity index (χ4n) is 1.95. The van der Waals surface area contributed by atoms with E-state index in [0.29, 0.717) is 5.69 Å². The van der Waals surface area contributed by atoms with Crippen molar-refractivity contribution in [1.82, 2.24) is 15.2 Å². The number of pyridine rings is 1. The summed E-state index contributed by atoms with van der Waals surface area (Å²) in [6.07, 6.45) is -0.900. The maximum absolute atomic E-state index is 13.2. The van der Waals surface area contributed by atoms with Gasteiger partial charge in [0.25, 0.3) is 5.88 Å². The van der Waals surface area contributed by atoms with E-state index in [1.165, 1.54) is 12.1 Å². The van der Waals surface area contributed by atoms with E-state index in [4.69, 9.17) is 4.74 Å². The summed E-state index contributed by atoms with van der Waals surface area (Å²) in [5.74, 6) is -1.16. The summed E-state index contributed by atoms with van der Waals surface area (Å²) >= 11 is 0. The topological polar surface area (TPSA) is 97.2 Å². The van der Waals surface area contributed by atoms with Crippen molar-refractivity contribution in [3.05, 3.63) is 47.9 Å². The van der Waals surface area contributed by atoms with Gasteiger partial charge in [-0.15, -0.1) is 10.2 Å². The average Bonchev–Trinajstić information content (AvgIpc) is 2.50. The van der Waals surface area contributed by atoms with Gasteiger partial charge in [0.1, 0.15) is 11.6 Å². The summed E-state index contributed by atoms with van der Waals surface area (Å²) in [6.45, 7) is 1.77. The number of halogens is 1. The summed E-state index contributed by atoms with van der Waals surface area (Å²) in [6, 6.07) is 8.69. The number of anilines is 1. The molecule has 8 heteroatoms. The Balaban J connectivity index is 1.83. The second-order valence-electron chi connectivity index (χ2n) is 4.69. The predicted octanol–water partition coefficient (Wildman–Crippen LogP) is 2.79. The number of aryl methyl sites for hydroxylation is 1. The van der Waals surface area contributed by atoms with Crippen molar-refractivity contribution in [1.29, 1.82) is 0 Å². The third kappa shape index (κ3) is 3.15. The van der Waals surface area contributed by atoms with Crippen LogP contribution in [0, 0.1) is 12.7 Å². The fourth-order valence-corrected chi connectivity index (χ4v) is 1.95. The van der Waals surface area contributed by atoms with E-state index in [-0.39, 0.29) is 16.7 Å². The number of nitrogens with one attached hydrogen (secondary N) is 1. The Bertz CT molecular complexity index is 901. The number of rotatable bonds is 2. The third-order valence-corrected chi connectivity index (χ3v) is 2.97. The van der Waals surface area contributed by atoms with E-state index in [1.54, 1.807) is 25.1 Å². The zero-order valence-electron chi connectivity index (χ0n) is 11.9. The zero-order valence-corrected chi connectivity index (χ0v) is 11.9. The Morgan fingerprint density at radius 3 is 2.87 bits per heavy atom. The molecule has 0 fully saturated rings. The number of carbonyl (C=O) groups is 1. The molecule has 0 spiro atoms. The van der Waals surface area contributed by atoms with Crippen LogP contribution in [-0.2, 0) is 0 Å². The number of amides is 1. The van der Waals surface area contributed by atoms with Gasteiger partial charge in [-0.2, -0.15) is 0 Å². The maximum atomic E-state index is 13.2. The van der Waals surface area contributed by atoms with Gasteiger partial charge in [-0.3, -0.25) is 5.32 Å². The van der Waals surface area contributed by atoms with Gasteiger partial charge in [-0.05, 0) is 37.3 Å². The van der Waals surface area contributed by atoms with Crippen LogP contribution in [0.15, 0.2) is 36.4 Å². The number of benzene rings is 1. The van der Waals surface area contributed by atoms with Crippen molar-refractivity contribution in [2.45, 2.75) is 6.92 Å². The quantitative estimate of drug-likeness (QED) is 0.755. The Hall–Kier alpha value is -3.29. The zero-order chi connectivity index (χ0) is 16.4. The number of aromatic nitrogens is 3. The van der Waals surface area contributed by atoms with Crippen molar-refractivity contribution < 1.29 is 19.0 Å². The average molecular weight is 314 g/mol. The molecule has 0 aliphatic heterocycles. The van der Waals surface area contributed by atoms with Crippen LogP contribution in [0.3, 0.4) is 0 Å². The lowest BCUT2D eigenvalue weighted by Gasteiger charge is -2.08. The molecule has 2 heterocycles. The first kappa shape index (κ1) is 14.6. The smallest absolute Gasteiger partial charge is 0.419 e. The molecule has 1 aromatic carbocycles. The van der Waals surface area contributed by atoms with Gasteiger partial charge in [0.05, 0.1) is 10.9 Å². The first-order valence-electron chi connectivity index (χ1n) is 6.60. The predicted molar refractivity (Wildman–Crippen MR) is 79.8 cm³/mol. The van der Waals surface area contributed by atoms with Crippen molar-refractivity contribution in [2.75, 3.05) is 5.32 Å². The molecule has 0 saturated carbocycles. The molecule has 23 heavy (non-hydrogen) atoms. The molecule has 0 aliphatic carbocycles. The van der Waals surface area contributed by atoms with E-state index in [1.807, 2.05) is 0 Å². The number of nitrogens with zero attached hydrogens (tertiary/aromatic N) is 3. The first-order chi connectivity index (χ1) is 11.0. The van der Waals surface area contributed by atoms with Gasteiger partial charge in [0, 0.05) is 5.69 Å². The molecule has 116 valence electrons. The molecule has 0 radical (unpaired) electrons. The van der Waals surface area contributed by atoms with Crippen molar-refractivity contribution in [2.24, 2.45) is 0 Å². The number of hydrogen-bond acceptors (Lipinski definition) is 6. The standard InChI is InChI=1S/C15H11FN4O3/c1-8-3-2-4-12(17-8)18-15(22)23-14-13(21)10-7-9(16)5-6-11(10)19-20-14/h2-7H,1H3,(H,19,21)(H,17,18,22). The number of aromatic hydroxyl groups is 1. The van der Waals surface area contributed by atoms with Crippen LogP contribution in [0.1, 0.15) is 5.69 Å². The summed E-state index contributed by atoms with van der Waals surface area (Å²) < 4.78 is 18.1. The van der Waals surface area contributed by atoms with E-state index in [2.05, 4.69) is 20.5 Å². The third-order valence-electron chi connectivity index (χ3n) is 2.97. The molecular weight excluding hydrogens is 303 g/mol. The van der Waals surface area contributed by atoms with Crippen molar-refractivity contribution in [3.8, 4) is 11.6 Å². The monoisotopic (exact) mass is 314 g/mol. The van der Waals surface area contributed by atoms with Gasteiger partial charge in [-0.25, -0.2) is 14.2 Å². The van der Waals surface area contributed by atoms with Gasteiger partial charge >= 0.3 is 6.09 Å². The number of carbonyl (C=O) groups excluding carboxylic acids is 1. The maximum Gasteiger partial charge on any atom is 0.419 e. The number of fused-ring (bicyclic) bond motifs is 1. The molecule has 1 amide bonds. The molecule has 2 aromatic heterocycles. The minimum Gasteiger partial charge on any atom is -0.503 e. The molecule has 0 atom stereocenters. The SMILES string of the molecule is Cc1cccc(NC(=O)Oc2nnc3ccc(F)cc3c2O)n1. The van der Waals surface area contributed by atoms with Crippen LogP contribution in [0.2, 0.25) is 0 Å². The highest BCUT2D eigenvalue weighted by atomic mass is 19.1. The van der Waals surface area contributed by atoms with Crippen molar-refractivity contribution >= 4 is 22.8 Å². The van der Waals surface area contributed by atoms with Gasteiger partial charge in [0.2, 0.25) is 0 Å². The second-order valence-corrected chi connectivity index (χ2v) is 4.69. The highest BCUT2D eigenvalue weighted by Gasteiger charge is 2.15. The van der Waals surface area contributed by atoms with E-state index in [0.717, 1.165) is 6.07 Å². The van der Waals surface area contributed by atoms with Crippen molar-refractivity contribution in [3.63, 3.8) is 0 Å². The molecule has 0 aliphatic rings. The summed E-state index contributed by atoms with van der Waals surface area (Å²) in [5, 5.41) is 19.9. The van der Waals surface area contributed by atoms with Crippen LogP contribution >= 0.6 is 0 Å². The van der Waals surface area contributed by atoms with E-state index >= 15 is 0 Å². The van der Waals surface area contributed by atoms with Crippen LogP contribution < -0.4 is 10.1 Å². The summed E-state index contributed by atoms with van der Waals surface area (Å²) in [5.41, 5.74) is 0.989. The van der Waals surface area contributed by atoms with Gasteiger partial charge in [0.15, 0.2) is 5.75 Å². The number of hydrogen-bond donors (Lipinski definition) is 2. The molecule has 2 N–H and O–H groups in total. The number of ether oxygens (including phenoxy) is 1. The molecule has 0 saturated heterocycles. The van der Waals surface area contributed by atoms with Crippen LogP contribution in [0.5, 0.6) is 11.6 Å². The fraction of sp³-hybridized carbons (Fsp3) is 0.0667. The minimum atomic E-state index is -0.900. The van der Waals surface area contributed by atoms with Crippen LogP contribution in [0.4, 0.5) is 15.0 Å². The Labute approximate surface area is 129 Å². The van der Waals surface area contributed by atoms with Gasteiger partial charge < -0.3 is 9.84 Å². The van der Waals surface area contributed by atoms with E-state index < -0.39 is 23.5 Å². The summed E-state index contributed by atoms with van der Waals surface area (Å²) in [7, 11) is 0. The molecule has 0 unspecified atom stereocenters. The highest BCUT2D eigenvalue weighted by molar-refractivity contribution is 5.89. The Kier molecular flexibility index (Phi) is 3.71. The first-order valence-corrected chi connectivity index (χ1v) is 6.60. The van der Waals surface area contributed by atoms with Crippen LogP contribution in [-0.4, -0.2) is 26.4 Å². The molecule has 0 bridgehead atoms. The van der Waals surface area contributed by atoms with Crippen LogP contribution in [0.25, 0.3) is 10.9 Å². The molecular formula is C15H11FN4O3. The Morgan fingerprint density at radius 1 is 1.26 bits per heavy atom. The molecule has 3 rings (SSSR count). The molecule has 3 aromatic rings. The normalized spacial score (nSPS) is 10.5. The lowest BCUT2D eigenvalue weighted by molar-refractivity contribution is 0.210. The minimum absolute atomic E-state index is 0.0940. The Morgan fingerprint density at radius 2 is 2.09 bits per heavy atom. The highest BCUT2D eigenvalue weighted by Crippen LogP contribution is 2.31. The summed E-state index contributed by atoms with van der Waals surface area (Å²) in [4.78, 5) is 15.9.